The second-order valence-electron chi connectivity index (χ2n) is 5.06. The van der Waals surface area contributed by atoms with Crippen molar-refractivity contribution >= 4 is 0 Å². The van der Waals surface area contributed by atoms with E-state index in [1.165, 1.54) is 12.0 Å². The minimum absolute atomic E-state index is 0.219. The molecule has 0 amide bonds. The predicted octanol–water partition coefficient (Wildman–Crippen LogP) is 0.428. The molecule has 1 aromatic rings. The van der Waals surface area contributed by atoms with Gasteiger partial charge in [-0.15, -0.1) is 0 Å². The van der Waals surface area contributed by atoms with E-state index >= 15 is 0 Å². The molecule has 2 atom stereocenters. The number of alkyl halides is 2. The first-order valence-corrected chi connectivity index (χ1v) is 9.04. The van der Waals surface area contributed by atoms with Gasteiger partial charge in [-0.1, -0.05) is 0 Å². The summed E-state index contributed by atoms with van der Waals surface area (Å²) in [7, 11) is 0. The zero-order valence-electron chi connectivity index (χ0n) is 10.5. The van der Waals surface area contributed by atoms with E-state index in [9.17, 15) is 0 Å². The van der Waals surface area contributed by atoms with E-state index < -0.39 is 0 Å². The van der Waals surface area contributed by atoms with E-state index in [1.54, 1.807) is 0 Å². The Morgan fingerprint density at radius 3 is 2.25 bits per heavy atom. The second-order valence-corrected chi connectivity index (χ2v) is 8.83. The van der Waals surface area contributed by atoms with Crippen LogP contribution in [0.1, 0.15) is 32.8 Å². The van der Waals surface area contributed by atoms with Crippen LogP contribution in [0.15, 0.2) is 24.3 Å². The normalized spacial score (nSPS) is 24.5. The summed E-state index contributed by atoms with van der Waals surface area (Å²) in [4.78, 5) is 2.34. The molecule has 0 aliphatic heterocycles. The molecule has 0 bridgehead atoms. The predicted molar refractivity (Wildman–Crippen MR) is 63.6 cm³/mol. The molecule has 1 aliphatic carbocycles. The van der Waals surface area contributed by atoms with Crippen molar-refractivity contribution in [2.24, 2.45) is 5.92 Å². The van der Waals surface area contributed by atoms with Crippen molar-refractivity contribution in [2.45, 2.75) is 36.7 Å². The Labute approximate surface area is 109 Å². The molecule has 1 nitrogen and oxygen atoms in total. The van der Waals surface area contributed by atoms with Crippen LogP contribution in [-0.2, 0) is 3.42 Å². The minimum atomic E-state index is 0.219. The number of rotatable bonds is 4. The van der Waals surface area contributed by atoms with Crippen molar-refractivity contribution in [3.8, 4) is 5.75 Å². The van der Waals surface area contributed by atoms with E-state index in [1.807, 2.05) is 0 Å². The summed E-state index contributed by atoms with van der Waals surface area (Å²) in [5, 5.41) is 0. The van der Waals surface area contributed by atoms with Crippen LogP contribution >= 0.6 is 0 Å². The molecule has 2 rings (SSSR count). The van der Waals surface area contributed by atoms with Gasteiger partial charge in [-0.25, -0.2) is 0 Å². The van der Waals surface area contributed by atoms with Gasteiger partial charge < -0.3 is 0 Å². The fourth-order valence-electron chi connectivity index (χ4n) is 1.67. The van der Waals surface area contributed by atoms with E-state index in [-0.39, 0.29) is 21.2 Å². The van der Waals surface area contributed by atoms with Crippen molar-refractivity contribution in [1.29, 1.82) is 0 Å². The van der Waals surface area contributed by atoms with Crippen molar-refractivity contribution < 1.29 is 25.9 Å². The van der Waals surface area contributed by atoms with Crippen LogP contribution < -0.4 is 25.9 Å². The first-order valence-electron chi connectivity index (χ1n) is 5.81. The standard InChI is InChI=1S/C14H20IO/c1-10-9-13(10)16-12-7-5-11(6-8-12)14(2,3)15-4/h5-8,10,13H,9H2,1-4H3/q-1. The van der Waals surface area contributed by atoms with Crippen LogP contribution in [0.25, 0.3) is 0 Å². The molecule has 90 valence electrons. The van der Waals surface area contributed by atoms with Gasteiger partial charge in [0.25, 0.3) is 0 Å². The maximum absolute atomic E-state index is 5.85. The molecule has 0 spiro atoms. The molecule has 16 heavy (non-hydrogen) atoms. The monoisotopic (exact) mass is 331 g/mol. The molecule has 0 aromatic heterocycles. The first-order chi connectivity index (χ1) is 7.53. The molecule has 2 heteroatoms. The van der Waals surface area contributed by atoms with Crippen LogP contribution in [0.4, 0.5) is 0 Å². The SMILES string of the molecule is C[I-]C(C)(C)c1ccc(OC2CC2C)cc1. The summed E-state index contributed by atoms with van der Waals surface area (Å²) >= 11 is 0.219. The Morgan fingerprint density at radius 2 is 1.81 bits per heavy atom. The van der Waals surface area contributed by atoms with Crippen molar-refractivity contribution in [2.75, 3.05) is 4.93 Å². The number of benzene rings is 1. The molecule has 0 radical (unpaired) electrons. The van der Waals surface area contributed by atoms with E-state index in [4.69, 9.17) is 4.74 Å². The van der Waals surface area contributed by atoms with Gasteiger partial charge in [-0.2, -0.15) is 0 Å². The topological polar surface area (TPSA) is 9.23 Å². The number of ether oxygens (including phenoxy) is 1. The molecule has 1 saturated carbocycles. The van der Waals surface area contributed by atoms with Crippen LogP contribution in [-0.4, -0.2) is 11.0 Å². The number of halogens is 1. The summed E-state index contributed by atoms with van der Waals surface area (Å²) in [6, 6.07) is 8.71. The molecule has 1 aliphatic rings. The average Bonchev–Trinajstić information content (AvgIpc) is 2.95. The molecule has 1 aromatic carbocycles. The summed E-state index contributed by atoms with van der Waals surface area (Å²) in [5.74, 6) is 1.78. The molecular weight excluding hydrogens is 311 g/mol. The molecule has 0 heterocycles. The maximum atomic E-state index is 5.85. The van der Waals surface area contributed by atoms with E-state index in [0.29, 0.717) is 9.53 Å². The van der Waals surface area contributed by atoms with Gasteiger partial charge in [-0.05, 0) is 0 Å². The molecule has 0 saturated heterocycles. The zero-order chi connectivity index (χ0) is 11.8. The molecule has 0 N–H and O–H groups in total. The van der Waals surface area contributed by atoms with Crippen LogP contribution in [0.2, 0.25) is 0 Å². The Balaban J connectivity index is 2.04. The summed E-state index contributed by atoms with van der Waals surface area (Å²) in [6.45, 7) is 6.90. The third kappa shape index (κ3) is 2.70. The first kappa shape index (κ1) is 12.2. The van der Waals surface area contributed by atoms with Gasteiger partial charge in [0.05, 0.1) is 0 Å². The third-order valence-corrected chi connectivity index (χ3v) is 6.66. The van der Waals surface area contributed by atoms with Gasteiger partial charge in [-0.3, -0.25) is 0 Å². The number of hydrogen-bond donors (Lipinski definition) is 0. The second kappa shape index (κ2) is 4.55. The van der Waals surface area contributed by atoms with Gasteiger partial charge in [0, 0.05) is 0 Å². The van der Waals surface area contributed by atoms with Gasteiger partial charge >= 0.3 is 109 Å². The van der Waals surface area contributed by atoms with Crippen molar-refractivity contribution in [3.05, 3.63) is 29.8 Å². The van der Waals surface area contributed by atoms with Gasteiger partial charge in [0.15, 0.2) is 0 Å². The van der Waals surface area contributed by atoms with Gasteiger partial charge in [0.1, 0.15) is 0 Å². The summed E-state index contributed by atoms with van der Waals surface area (Å²) < 4.78 is 6.23. The molecular formula is C14H20IO-. The van der Waals surface area contributed by atoms with Crippen LogP contribution in [0.3, 0.4) is 0 Å². The van der Waals surface area contributed by atoms with Crippen molar-refractivity contribution in [3.63, 3.8) is 0 Å². The number of hydrogen-bond acceptors (Lipinski definition) is 1. The zero-order valence-corrected chi connectivity index (χ0v) is 12.6. The summed E-state index contributed by atoms with van der Waals surface area (Å²) in [6.07, 6.45) is 1.69. The molecule has 2 unspecified atom stereocenters. The average molecular weight is 331 g/mol. The summed E-state index contributed by atoms with van der Waals surface area (Å²) in [5.41, 5.74) is 1.44. The quantitative estimate of drug-likeness (QED) is 0.574. The van der Waals surface area contributed by atoms with Crippen LogP contribution in [0.5, 0.6) is 5.75 Å². The molecule has 1 fully saturated rings. The van der Waals surface area contributed by atoms with Crippen LogP contribution in [0, 0.1) is 5.92 Å². The Hall–Kier alpha value is -0.250. The Bertz CT molecular complexity index is 356. The fourth-order valence-corrected chi connectivity index (χ4v) is 2.65. The Morgan fingerprint density at radius 1 is 1.25 bits per heavy atom. The fraction of sp³-hybridized carbons (Fsp3) is 0.571. The third-order valence-electron chi connectivity index (χ3n) is 3.34. The Kier molecular flexibility index (Phi) is 3.48. The van der Waals surface area contributed by atoms with E-state index in [2.05, 4.69) is 50.0 Å². The van der Waals surface area contributed by atoms with Crippen molar-refractivity contribution in [1.82, 2.24) is 0 Å². The van der Waals surface area contributed by atoms with E-state index in [0.717, 1.165) is 11.7 Å². The van der Waals surface area contributed by atoms with Gasteiger partial charge in [0.2, 0.25) is 0 Å².